The number of aryl methyl sites for hydroxylation is 1. The first-order chi connectivity index (χ1) is 15.4. The fraction of sp³-hybridized carbons (Fsp3) is 0.379. The fourth-order valence-electron chi connectivity index (χ4n) is 4.80. The van der Waals surface area contributed by atoms with E-state index in [0.717, 1.165) is 25.8 Å². The minimum Gasteiger partial charge on any atom is -0.242 e. The van der Waals surface area contributed by atoms with Gasteiger partial charge in [-0.25, -0.2) is 10.0 Å². The quantitative estimate of drug-likeness (QED) is 0.392. The standard InChI is InChI=1S/C29H36N2/c1-5-13-26(14-6-1)19-20-29(25-28-17-9-3-10-18-28)31(30-22-11-4-12-23-30)24-21-27-15-7-2-8-16-27/h1-3,5-10,13-18,29H,4,11-12,19-25H2. The number of piperidine rings is 1. The smallest absolute Gasteiger partial charge is 0.0289 e. The normalized spacial score (nSPS) is 15.8. The van der Waals surface area contributed by atoms with Crippen LogP contribution in [-0.4, -0.2) is 35.7 Å². The molecule has 1 fully saturated rings. The molecule has 1 saturated heterocycles. The predicted octanol–water partition coefficient (Wildman–Crippen LogP) is 6.18. The van der Waals surface area contributed by atoms with Crippen LogP contribution < -0.4 is 0 Å². The molecule has 0 aliphatic carbocycles. The van der Waals surface area contributed by atoms with Gasteiger partial charge in [0.15, 0.2) is 0 Å². The first-order valence-electron chi connectivity index (χ1n) is 12.0. The highest BCUT2D eigenvalue weighted by molar-refractivity contribution is 5.18. The SMILES string of the molecule is c1ccc(CCC(Cc2ccccc2)N(CCc2ccccc2)N2CCCCC2)cc1. The Morgan fingerprint density at radius 2 is 1.13 bits per heavy atom. The highest BCUT2D eigenvalue weighted by atomic mass is 15.6. The second kappa shape index (κ2) is 11.8. The zero-order valence-electron chi connectivity index (χ0n) is 18.7. The number of rotatable bonds is 10. The number of benzene rings is 3. The monoisotopic (exact) mass is 412 g/mol. The van der Waals surface area contributed by atoms with Crippen LogP contribution in [0.5, 0.6) is 0 Å². The summed E-state index contributed by atoms with van der Waals surface area (Å²) in [4.78, 5) is 0. The van der Waals surface area contributed by atoms with Crippen molar-refractivity contribution in [3.8, 4) is 0 Å². The molecule has 1 aliphatic heterocycles. The molecule has 0 saturated carbocycles. The average Bonchev–Trinajstić information content (AvgIpc) is 2.85. The maximum Gasteiger partial charge on any atom is 0.0289 e. The number of hydrazine groups is 1. The molecule has 0 N–H and O–H groups in total. The minimum atomic E-state index is 0.518. The van der Waals surface area contributed by atoms with Crippen molar-refractivity contribution in [2.45, 2.75) is 51.0 Å². The Kier molecular flexibility index (Phi) is 8.32. The molecule has 1 atom stereocenters. The van der Waals surface area contributed by atoms with Crippen molar-refractivity contribution in [2.24, 2.45) is 0 Å². The zero-order valence-corrected chi connectivity index (χ0v) is 18.7. The van der Waals surface area contributed by atoms with Crippen molar-refractivity contribution < 1.29 is 0 Å². The summed E-state index contributed by atoms with van der Waals surface area (Å²) in [6.45, 7) is 3.49. The average molecular weight is 413 g/mol. The molecule has 0 amide bonds. The van der Waals surface area contributed by atoms with Crippen LogP contribution in [0.1, 0.15) is 42.4 Å². The lowest BCUT2D eigenvalue weighted by Crippen LogP contribution is -2.52. The summed E-state index contributed by atoms with van der Waals surface area (Å²) in [6.07, 6.45) is 8.54. The highest BCUT2D eigenvalue weighted by Crippen LogP contribution is 2.21. The Balaban J connectivity index is 1.53. The molecule has 3 aromatic rings. The van der Waals surface area contributed by atoms with Crippen LogP contribution in [0.4, 0.5) is 0 Å². The van der Waals surface area contributed by atoms with E-state index in [0.29, 0.717) is 6.04 Å². The van der Waals surface area contributed by atoms with Gasteiger partial charge in [0.05, 0.1) is 0 Å². The molecule has 0 aromatic heterocycles. The highest BCUT2D eigenvalue weighted by Gasteiger charge is 2.26. The second-order valence-electron chi connectivity index (χ2n) is 8.78. The maximum absolute atomic E-state index is 2.74. The third kappa shape index (κ3) is 6.78. The van der Waals surface area contributed by atoms with Crippen molar-refractivity contribution in [1.82, 2.24) is 10.0 Å². The van der Waals surface area contributed by atoms with E-state index < -0.39 is 0 Å². The maximum atomic E-state index is 2.74. The number of hydrogen-bond acceptors (Lipinski definition) is 2. The van der Waals surface area contributed by atoms with Gasteiger partial charge < -0.3 is 0 Å². The Morgan fingerprint density at radius 3 is 1.71 bits per heavy atom. The van der Waals surface area contributed by atoms with Crippen LogP contribution in [0.3, 0.4) is 0 Å². The Hall–Kier alpha value is -2.42. The lowest BCUT2D eigenvalue weighted by molar-refractivity contribution is -0.0741. The summed E-state index contributed by atoms with van der Waals surface area (Å²) in [5, 5.41) is 5.41. The van der Waals surface area contributed by atoms with Crippen LogP contribution in [0, 0.1) is 0 Å². The van der Waals surface area contributed by atoms with Crippen molar-refractivity contribution in [3.05, 3.63) is 108 Å². The van der Waals surface area contributed by atoms with Gasteiger partial charge in [0.2, 0.25) is 0 Å². The van der Waals surface area contributed by atoms with Gasteiger partial charge in [0.1, 0.15) is 0 Å². The van der Waals surface area contributed by atoms with Gasteiger partial charge >= 0.3 is 0 Å². The first-order valence-corrected chi connectivity index (χ1v) is 12.0. The molecule has 1 aliphatic rings. The van der Waals surface area contributed by atoms with Gasteiger partial charge in [-0.1, -0.05) is 97.4 Å². The van der Waals surface area contributed by atoms with E-state index in [-0.39, 0.29) is 0 Å². The summed E-state index contributed by atoms with van der Waals surface area (Å²) >= 11 is 0. The molecular formula is C29H36N2. The van der Waals surface area contributed by atoms with Crippen molar-refractivity contribution in [3.63, 3.8) is 0 Å². The molecule has 2 nitrogen and oxygen atoms in total. The molecule has 0 radical (unpaired) electrons. The molecule has 2 heteroatoms. The number of hydrogen-bond donors (Lipinski definition) is 0. The van der Waals surface area contributed by atoms with E-state index in [4.69, 9.17) is 0 Å². The molecule has 1 unspecified atom stereocenters. The predicted molar refractivity (Wildman–Crippen MR) is 131 cm³/mol. The molecule has 0 bridgehead atoms. The molecule has 3 aromatic carbocycles. The second-order valence-corrected chi connectivity index (χ2v) is 8.78. The third-order valence-electron chi connectivity index (χ3n) is 6.51. The Labute approximate surface area is 188 Å². The topological polar surface area (TPSA) is 6.48 Å². The molecule has 162 valence electrons. The van der Waals surface area contributed by atoms with Crippen LogP contribution in [0.25, 0.3) is 0 Å². The van der Waals surface area contributed by atoms with Crippen LogP contribution in [0.2, 0.25) is 0 Å². The van der Waals surface area contributed by atoms with E-state index in [1.54, 1.807) is 0 Å². The summed E-state index contributed by atoms with van der Waals surface area (Å²) in [5.74, 6) is 0. The van der Waals surface area contributed by atoms with E-state index in [1.165, 1.54) is 55.5 Å². The van der Waals surface area contributed by atoms with Crippen LogP contribution >= 0.6 is 0 Å². The molecule has 0 spiro atoms. The van der Waals surface area contributed by atoms with Crippen LogP contribution in [0.15, 0.2) is 91.0 Å². The largest absolute Gasteiger partial charge is 0.242 e. The summed E-state index contributed by atoms with van der Waals surface area (Å²) in [7, 11) is 0. The summed E-state index contributed by atoms with van der Waals surface area (Å²) in [6, 6.07) is 33.6. The van der Waals surface area contributed by atoms with Gasteiger partial charge in [-0.15, -0.1) is 0 Å². The fourth-order valence-corrected chi connectivity index (χ4v) is 4.80. The molecule has 4 rings (SSSR count). The molecule has 1 heterocycles. The lowest BCUT2D eigenvalue weighted by Gasteiger charge is -2.43. The lowest BCUT2D eigenvalue weighted by atomic mass is 9.97. The first kappa shape index (κ1) is 21.8. The zero-order chi connectivity index (χ0) is 21.1. The Bertz CT molecular complexity index is 857. The van der Waals surface area contributed by atoms with Crippen molar-refractivity contribution in [2.75, 3.05) is 19.6 Å². The van der Waals surface area contributed by atoms with Crippen molar-refractivity contribution in [1.29, 1.82) is 0 Å². The van der Waals surface area contributed by atoms with Crippen molar-refractivity contribution >= 4 is 0 Å². The van der Waals surface area contributed by atoms with E-state index in [9.17, 15) is 0 Å². The van der Waals surface area contributed by atoms with Gasteiger partial charge in [-0.2, -0.15) is 0 Å². The van der Waals surface area contributed by atoms with Gasteiger partial charge in [0, 0.05) is 25.7 Å². The number of nitrogens with zero attached hydrogens (tertiary/aromatic N) is 2. The summed E-state index contributed by atoms with van der Waals surface area (Å²) < 4.78 is 0. The van der Waals surface area contributed by atoms with Gasteiger partial charge in [-0.3, -0.25) is 0 Å². The van der Waals surface area contributed by atoms with E-state index >= 15 is 0 Å². The molecular weight excluding hydrogens is 376 g/mol. The van der Waals surface area contributed by atoms with Gasteiger partial charge in [0.25, 0.3) is 0 Å². The Morgan fingerprint density at radius 1 is 0.613 bits per heavy atom. The van der Waals surface area contributed by atoms with E-state index in [2.05, 4.69) is 101 Å². The van der Waals surface area contributed by atoms with Gasteiger partial charge in [-0.05, 0) is 55.2 Å². The molecule has 31 heavy (non-hydrogen) atoms. The van der Waals surface area contributed by atoms with E-state index in [1.807, 2.05) is 0 Å². The minimum absolute atomic E-state index is 0.518. The van der Waals surface area contributed by atoms with Crippen LogP contribution in [-0.2, 0) is 19.3 Å². The third-order valence-corrected chi connectivity index (χ3v) is 6.51. The summed E-state index contributed by atoms with van der Waals surface area (Å²) in [5.41, 5.74) is 4.33.